The Hall–Kier alpha value is -4.24. The molecule has 1 aliphatic heterocycles. The highest BCUT2D eigenvalue weighted by atomic mass is 32.2. The summed E-state index contributed by atoms with van der Waals surface area (Å²) in [6.07, 6.45) is -9.53. The topological polar surface area (TPSA) is 92.4 Å². The first-order valence-corrected chi connectivity index (χ1v) is 14.2. The molecule has 0 unspecified atom stereocenters. The third-order valence-corrected chi connectivity index (χ3v) is 7.74. The molecule has 2 heterocycles. The van der Waals surface area contributed by atoms with Gasteiger partial charge >= 0.3 is 12.4 Å². The van der Waals surface area contributed by atoms with Crippen molar-refractivity contribution in [1.29, 1.82) is 0 Å². The van der Waals surface area contributed by atoms with Gasteiger partial charge in [0.1, 0.15) is 11.6 Å². The Balaban J connectivity index is 1.64. The van der Waals surface area contributed by atoms with Crippen molar-refractivity contribution in [2.75, 3.05) is 36.0 Å². The molecule has 0 amide bonds. The maximum absolute atomic E-state index is 14.1. The van der Waals surface area contributed by atoms with E-state index in [1.165, 1.54) is 53.4 Å². The number of alkyl halides is 6. The fourth-order valence-corrected chi connectivity index (χ4v) is 5.33. The van der Waals surface area contributed by atoms with E-state index in [0.29, 0.717) is 5.69 Å². The zero-order valence-corrected chi connectivity index (χ0v) is 22.8. The molecule has 0 bridgehead atoms. The first-order valence-electron chi connectivity index (χ1n) is 12.7. The summed E-state index contributed by atoms with van der Waals surface area (Å²) < 4.78 is 120. The van der Waals surface area contributed by atoms with Gasteiger partial charge in [-0.3, -0.25) is 0 Å². The number of hydrogen-bond donors (Lipinski definition) is 1. The van der Waals surface area contributed by atoms with Crippen molar-refractivity contribution >= 4 is 21.5 Å². The van der Waals surface area contributed by atoms with E-state index >= 15 is 0 Å². The van der Waals surface area contributed by atoms with Gasteiger partial charge in [-0.05, 0) is 60.2 Å². The Morgan fingerprint density at radius 2 is 1.35 bits per heavy atom. The smallest absolute Gasteiger partial charge is 0.368 e. The van der Waals surface area contributed by atoms with Crippen LogP contribution in [0.25, 0.3) is 22.4 Å². The molecular weight excluding hydrogens is 603 g/mol. The van der Waals surface area contributed by atoms with Crippen LogP contribution >= 0.6 is 0 Å². The van der Waals surface area contributed by atoms with Gasteiger partial charge in [-0.25, -0.2) is 27.9 Å². The molecule has 0 atom stereocenters. The van der Waals surface area contributed by atoms with Gasteiger partial charge in [-0.2, -0.15) is 26.3 Å². The number of rotatable bonds is 5. The van der Waals surface area contributed by atoms with E-state index in [4.69, 9.17) is 5.14 Å². The number of piperazine rings is 1. The van der Waals surface area contributed by atoms with Crippen LogP contribution in [0.15, 0.2) is 77.7 Å². The Morgan fingerprint density at radius 1 is 0.721 bits per heavy atom. The molecule has 0 spiro atoms. The van der Waals surface area contributed by atoms with Crippen LogP contribution in [0.3, 0.4) is 0 Å². The van der Waals surface area contributed by atoms with Crippen molar-refractivity contribution in [1.82, 2.24) is 9.97 Å². The van der Waals surface area contributed by atoms with Crippen molar-refractivity contribution in [2.45, 2.75) is 17.2 Å². The van der Waals surface area contributed by atoms with Gasteiger partial charge in [0.05, 0.1) is 21.7 Å². The van der Waals surface area contributed by atoms with Crippen LogP contribution in [-0.4, -0.2) is 44.6 Å². The summed E-state index contributed by atoms with van der Waals surface area (Å²) in [5.41, 5.74) is -0.494. The van der Waals surface area contributed by atoms with Crippen molar-refractivity contribution in [3.05, 3.63) is 90.0 Å². The molecule has 0 radical (unpaired) electrons. The summed E-state index contributed by atoms with van der Waals surface area (Å²) in [5, 5.41) is 5.30. The zero-order chi connectivity index (χ0) is 31.2. The second kappa shape index (κ2) is 11.1. The van der Waals surface area contributed by atoms with Gasteiger partial charge in [-0.15, -0.1) is 0 Å². The normalized spacial score (nSPS) is 14.7. The van der Waals surface area contributed by atoms with Gasteiger partial charge in [0, 0.05) is 37.4 Å². The third-order valence-electron chi connectivity index (χ3n) is 6.83. The highest BCUT2D eigenvalue weighted by Gasteiger charge is 2.38. The van der Waals surface area contributed by atoms with E-state index in [1.807, 2.05) is 0 Å². The number of nitrogens with two attached hydrogens (primary N) is 1. The van der Waals surface area contributed by atoms with Crippen LogP contribution in [0.2, 0.25) is 0 Å². The van der Waals surface area contributed by atoms with Crippen LogP contribution in [0.1, 0.15) is 11.4 Å². The molecule has 5 rings (SSSR count). The van der Waals surface area contributed by atoms with Gasteiger partial charge in [0.2, 0.25) is 15.8 Å². The molecule has 0 aliphatic carbocycles. The molecule has 4 aromatic rings. The van der Waals surface area contributed by atoms with E-state index in [1.54, 1.807) is 4.90 Å². The molecule has 1 fully saturated rings. The summed E-state index contributed by atoms with van der Waals surface area (Å²) in [7, 11) is -4.21. The summed E-state index contributed by atoms with van der Waals surface area (Å²) in [5.74, 6) is -2.30. The fourth-order valence-electron chi connectivity index (χ4n) is 4.77. The highest BCUT2D eigenvalue weighted by molar-refractivity contribution is 7.89. The van der Waals surface area contributed by atoms with E-state index in [9.17, 15) is 39.2 Å². The summed E-state index contributed by atoms with van der Waals surface area (Å²) in [6.45, 7) is 0.370. The fraction of sp³-hybridized carbons (Fsp3) is 0.214. The average Bonchev–Trinajstić information content (AvgIpc) is 2.96. The van der Waals surface area contributed by atoms with Crippen molar-refractivity contribution in [3.63, 3.8) is 0 Å². The van der Waals surface area contributed by atoms with E-state index in [-0.39, 0.29) is 59.3 Å². The molecule has 15 heteroatoms. The van der Waals surface area contributed by atoms with Crippen molar-refractivity contribution < 1.29 is 39.2 Å². The highest BCUT2D eigenvalue weighted by Crippen LogP contribution is 2.41. The Kier molecular flexibility index (Phi) is 7.81. The molecule has 7 nitrogen and oxygen atoms in total. The molecular formula is C28H22F7N5O2S. The number of nitrogens with zero attached hydrogens (tertiary/aromatic N) is 4. The standard InChI is InChI=1S/C28H22F7N5O2S/c29-20-9-7-17(8-10-20)24-23(18-3-1-6-22(15-18)43(36,41)42)25(38-26(37-24)28(33,34)35)40-13-11-39(12-14-40)21-5-2-4-19(16-21)27(30,31)32/h1-10,15-16H,11-14H2,(H2,36,41,42). The van der Waals surface area contributed by atoms with Gasteiger partial charge in [0.25, 0.3) is 0 Å². The predicted molar refractivity (Wildman–Crippen MR) is 145 cm³/mol. The van der Waals surface area contributed by atoms with E-state index in [2.05, 4.69) is 9.97 Å². The lowest BCUT2D eigenvalue weighted by atomic mass is 9.98. The van der Waals surface area contributed by atoms with Crippen LogP contribution in [0.4, 0.5) is 42.2 Å². The number of benzene rings is 3. The number of hydrogen-bond acceptors (Lipinski definition) is 6. The largest absolute Gasteiger partial charge is 0.451 e. The second-order valence-electron chi connectivity index (χ2n) is 9.69. The first-order chi connectivity index (χ1) is 20.1. The molecule has 226 valence electrons. The number of primary sulfonamides is 1. The van der Waals surface area contributed by atoms with Crippen LogP contribution in [0, 0.1) is 5.82 Å². The monoisotopic (exact) mass is 625 g/mol. The SMILES string of the molecule is NS(=O)(=O)c1cccc(-c2c(-c3ccc(F)cc3)nc(C(F)(F)F)nc2N2CCN(c3cccc(C(F)(F)F)c3)CC2)c1. The maximum Gasteiger partial charge on any atom is 0.451 e. The summed E-state index contributed by atoms with van der Waals surface area (Å²) in [6, 6.07) is 14.5. The number of halogens is 7. The lowest BCUT2D eigenvalue weighted by Crippen LogP contribution is -2.47. The van der Waals surface area contributed by atoms with Gasteiger partial charge in [0.15, 0.2) is 0 Å². The lowest BCUT2D eigenvalue weighted by Gasteiger charge is -2.38. The van der Waals surface area contributed by atoms with E-state index in [0.717, 1.165) is 24.3 Å². The average molecular weight is 626 g/mol. The van der Waals surface area contributed by atoms with Crippen LogP contribution in [-0.2, 0) is 22.4 Å². The predicted octanol–water partition coefficient (Wildman–Crippen LogP) is 5.96. The third kappa shape index (κ3) is 6.57. The van der Waals surface area contributed by atoms with Crippen molar-refractivity contribution in [2.24, 2.45) is 5.14 Å². The summed E-state index contributed by atoms with van der Waals surface area (Å²) >= 11 is 0. The Labute approximate surface area is 241 Å². The minimum atomic E-state index is -4.98. The first kappa shape index (κ1) is 30.2. The minimum Gasteiger partial charge on any atom is -0.368 e. The van der Waals surface area contributed by atoms with Crippen LogP contribution in [0.5, 0.6) is 0 Å². The van der Waals surface area contributed by atoms with Crippen molar-refractivity contribution in [3.8, 4) is 22.4 Å². The second-order valence-corrected chi connectivity index (χ2v) is 11.3. The van der Waals surface area contributed by atoms with Crippen LogP contribution < -0.4 is 14.9 Å². The quantitative estimate of drug-likeness (QED) is 0.275. The molecule has 43 heavy (non-hydrogen) atoms. The summed E-state index contributed by atoms with van der Waals surface area (Å²) in [4.78, 5) is 10.5. The Morgan fingerprint density at radius 3 is 1.95 bits per heavy atom. The van der Waals surface area contributed by atoms with Gasteiger partial charge in [-0.1, -0.05) is 18.2 Å². The number of sulfonamides is 1. The molecule has 1 aromatic heterocycles. The van der Waals surface area contributed by atoms with E-state index < -0.39 is 39.6 Å². The zero-order valence-electron chi connectivity index (χ0n) is 22.0. The molecule has 3 aromatic carbocycles. The molecule has 1 aliphatic rings. The number of anilines is 2. The van der Waals surface area contributed by atoms with Gasteiger partial charge < -0.3 is 9.80 Å². The minimum absolute atomic E-state index is 0.0395. The Bertz CT molecular complexity index is 1750. The lowest BCUT2D eigenvalue weighted by molar-refractivity contribution is -0.144. The molecule has 1 saturated heterocycles. The molecule has 2 N–H and O–H groups in total. The number of aromatic nitrogens is 2. The molecule has 0 saturated carbocycles. The maximum atomic E-state index is 14.1.